The van der Waals surface area contributed by atoms with Gasteiger partial charge < -0.3 is 9.64 Å². The second-order valence-electron chi connectivity index (χ2n) is 10.0. The molecular weight excluding hydrogens is 438 g/mol. The van der Waals surface area contributed by atoms with E-state index in [1.54, 1.807) is 36.6 Å². The summed E-state index contributed by atoms with van der Waals surface area (Å²) in [5.74, 6) is 0.755. The molecule has 0 saturated carbocycles. The highest BCUT2D eigenvalue weighted by Gasteiger charge is 2.32. The van der Waals surface area contributed by atoms with E-state index in [4.69, 9.17) is 4.74 Å². The van der Waals surface area contributed by atoms with Crippen molar-refractivity contribution in [3.63, 3.8) is 0 Å². The van der Waals surface area contributed by atoms with Crippen molar-refractivity contribution < 1.29 is 14.3 Å². The summed E-state index contributed by atoms with van der Waals surface area (Å²) in [5.41, 5.74) is 2.16. The van der Waals surface area contributed by atoms with Gasteiger partial charge in [-0.2, -0.15) is 0 Å². The van der Waals surface area contributed by atoms with Crippen LogP contribution in [0.25, 0.3) is 10.2 Å². The molecule has 2 aliphatic rings. The van der Waals surface area contributed by atoms with Crippen LogP contribution in [0.4, 0.5) is 5.69 Å². The maximum Gasteiger partial charge on any atom is 0.264 e. The van der Waals surface area contributed by atoms with Crippen LogP contribution in [0.3, 0.4) is 0 Å². The lowest BCUT2D eigenvalue weighted by molar-refractivity contribution is -0.120. The number of carbonyl (C=O) groups is 2. The summed E-state index contributed by atoms with van der Waals surface area (Å²) in [6.45, 7) is 6.70. The number of benzene rings is 1. The molecule has 2 aromatic heterocycles. The van der Waals surface area contributed by atoms with E-state index >= 15 is 0 Å². The fourth-order valence-corrected chi connectivity index (χ4v) is 6.00. The number of thiophene rings is 1. The Labute approximate surface area is 196 Å². The summed E-state index contributed by atoms with van der Waals surface area (Å²) in [6, 6.07) is 5.00. The average Bonchev–Trinajstić information content (AvgIpc) is 3.16. The van der Waals surface area contributed by atoms with Gasteiger partial charge in [0, 0.05) is 17.5 Å². The molecule has 1 amide bonds. The quantitative estimate of drug-likeness (QED) is 0.549. The van der Waals surface area contributed by atoms with Crippen LogP contribution in [0.2, 0.25) is 0 Å². The highest BCUT2D eigenvalue weighted by Crippen LogP contribution is 2.42. The van der Waals surface area contributed by atoms with E-state index < -0.39 is 0 Å². The molecular formula is C25H27N3O4S. The number of rotatable bonds is 3. The van der Waals surface area contributed by atoms with Crippen molar-refractivity contribution in [1.29, 1.82) is 0 Å². The monoisotopic (exact) mass is 465 g/mol. The van der Waals surface area contributed by atoms with Crippen molar-refractivity contribution in [1.82, 2.24) is 9.55 Å². The van der Waals surface area contributed by atoms with E-state index in [0.717, 1.165) is 29.7 Å². The fraction of sp³-hybridized carbons (Fsp3) is 0.440. The molecule has 33 heavy (non-hydrogen) atoms. The minimum atomic E-state index is -0.218. The number of carbonyl (C=O) groups excluding carboxylic acids is 2. The van der Waals surface area contributed by atoms with Gasteiger partial charge >= 0.3 is 0 Å². The van der Waals surface area contributed by atoms with Crippen LogP contribution < -0.4 is 15.2 Å². The Kier molecular flexibility index (Phi) is 5.16. The van der Waals surface area contributed by atoms with Gasteiger partial charge in [0.25, 0.3) is 11.5 Å². The van der Waals surface area contributed by atoms with Crippen molar-refractivity contribution in [2.24, 2.45) is 11.3 Å². The summed E-state index contributed by atoms with van der Waals surface area (Å²) in [7, 11) is 1.66. The topological polar surface area (TPSA) is 81.5 Å². The van der Waals surface area contributed by atoms with Crippen molar-refractivity contribution in [3.05, 3.63) is 50.9 Å². The largest absolute Gasteiger partial charge is 0.482 e. The first-order valence-electron chi connectivity index (χ1n) is 11.2. The molecule has 1 aliphatic carbocycles. The van der Waals surface area contributed by atoms with Gasteiger partial charge in [0.2, 0.25) is 0 Å². The van der Waals surface area contributed by atoms with Crippen molar-refractivity contribution >= 4 is 38.9 Å². The van der Waals surface area contributed by atoms with Crippen molar-refractivity contribution in [3.8, 4) is 5.75 Å². The third-order valence-corrected chi connectivity index (χ3v) is 8.10. The lowest BCUT2D eigenvalue weighted by Crippen LogP contribution is -2.35. The number of Topliss-reactive ketones (excluding diaryl/α,β-unsaturated/α-hetero) is 1. The molecule has 0 spiro atoms. The summed E-state index contributed by atoms with van der Waals surface area (Å²) in [6.07, 6.45) is 4.38. The molecule has 1 aliphatic heterocycles. The Bertz CT molecular complexity index is 1350. The Balaban J connectivity index is 1.45. The smallest absolute Gasteiger partial charge is 0.264 e. The van der Waals surface area contributed by atoms with Gasteiger partial charge in [-0.25, -0.2) is 4.98 Å². The Morgan fingerprint density at radius 1 is 1.27 bits per heavy atom. The van der Waals surface area contributed by atoms with Crippen LogP contribution in [0.1, 0.15) is 48.0 Å². The number of fused-ring (bicyclic) bond motifs is 4. The van der Waals surface area contributed by atoms with E-state index in [1.165, 1.54) is 20.7 Å². The maximum absolute atomic E-state index is 13.3. The highest BCUT2D eigenvalue weighted by atomic mass is 32.1. The predicted octanol–water partition coefficient (Wildman–Crippen LogP) is 3.85. The normalized spacial score (nSPS) is 18.1. The first kappa shape index (κ1) is 21.8. The number of hydrogen-bond acceptors (Lipinski definition) is 6. The van der Waals surface area contributed by atoms with Gasteiger partial charge in [0.15, 0.2) is 12.4 Å². The summed E-state index contributed by atoms with van der Waals surface area (Å²) < 4.78 is 6.83. The van der Waals surface area contributed by atoms with Crippen LogP contribution >= 0.6 is 11.3 Å². The Morgan fingerprint density at radius 3 is 2.82 bits per heavy atom. The second-order valence-corrected chi connectivity index (χ2v) is 11.1. The molecule has 0 radical (unpaired) electrons. The molecule has 172 valence electrons. The number of amides is 1. The molecule has 1 aromatic carbocycles. The molecule has 0 N–H and O–H groups in total. The third-order valence-electron chi connectivity index (χ3n) is 6.94. The molecule has 0 unspecified atom stereocenters. The zero-order valence-electron chi connectivity index (χ0n) is 19.3. The van der Waals surface area contributed by atoms with E-state index in [0.29, 0.717) is 28.3 Å². The van der Waals surface area contributed by atoms with E-state index in [2.05, 4.69) is 25.8 Å². The van der Waals surface area contributed by atoms with Gasteiger partial charge in [0.05, 0.1) is 23.9 Å². The number of ketones is 1. The predicted molar refractivity (Wildman–Crippen MR) is 129 cm³/mol. The lowest BCUT2D eigenvalue weighted by Gasteiger charge is -2.33. The first-order chi connectivity index (χ1) is 15.6. The number of hydrogen-bond donors (Lipinski definition) is 0. The van der Waals surface area contributed by atoms with Gasteiger partial charge in [0.1, 0.15) is 10.6 Å². The number of likely N-dealkylation sites (N-methyl/N-ethyl adjacent to an activating group) is 1. The minimum absolute atomic E-state index is 0.0146. The summed E-state index contributed by atoms with van der Waals surface area (Å²) in [4.78, 5) is 46.3. The minimum Gasteiger partial charge on any atom is -0.482 e. The maximum atomic E-state index is 13.3. The van der Waals surface area contributed by atoms with Crippen LogP contribution in [0.15, 0.2) is 29.3 Å². The number of aryl methyl sites for hydroxylation is 1. The number of ether oxygens (including phenoxy) is 1. The van der Waals surface area contributed by atoms with Crippen LogP contribution in [0.5, 0.6) is 5.75 Å². The second kappa shape index (κ2) is 7.80. The zero-order valence-corrected chi connectivity index (χ0v) is 20.1. The SMILES string of the molecule is CN1C(=O)COc2ccc(C(=O)Cn3cnc4sc5c(c4c3=O)CC[C@H](C(C)(C)C)C5)cc21. The molecule has 7 nitrogen and oxygen atoms in total. The molecule has 8 heteroatoms. The average molecular weight is 466 g/mol. The third kappa shape index (κ3) is 3.76. The van der Waals surface area contributed by atoms with Gasteiger partial charge in [-0.3, -0.25) is 19.0 Å². The Morgan fingerprint density at radius 2 is 2.06 bits per heavy atom. The van der Waals surface area contributed by atoms with Crippen LogP contribution in [-0.4, -0.2) is 34.9 Å². The summed E-state index contributed by atoms with van der Waals surface area (Å²) >= 11 is 1.61. The molecule has 0 fully saturated rings. The molecule has 3 aromatic rings. The number of aromatic nitrogens is 2. The zero-order chi connectivity index (χ0) is 23.5. The number of anilines is 1. The molecule has 3 heterocycles. The number of nitrogens with zero attached hydrogens (tertiary/aromatic N) is 3. The van der Waals surface area contributed by atoms with Crippen molar-refractivity contribution in [2.45, 2.75) is 46.6 Å². The lowest BCUT2D eigenvalue weighted by atomic mass is 9.72. The van der Waals surface area contributed by atoms with Crippen molar-refractivity contribution in [2.75, 3.05) is 18.6 Å². The van der Waals surface area contributed by atoms with Crippen LogP contribution in [0, 0.1) is 11.3 Å². The van der Waals surface area contributed by atoms with E-state index in [-0.39, 0.29) is 35.8 Å². The van der Waals surface area contributed by atoms with Crippen LogP contribution in [-0.2, 0) is 24.2 Å². The molecule has 5 rings (SSSR count). The highest BCUT2D eigenvalue weighted by molar-refractivity contribution is 7.18. The first-order valence-corrected chi connectivity index (χ1v) is 12.0. The van der Waals surface area contributed by atoms with Gasteiger partial charge in [-0.15, -0.1) is 11.3 Å². The van der Waals surface area contributed by atoms with Gasteiger partial charge in [-0.1, -0.05) is 20.8 Å². The fourth-order valence-electron chi connectivity index (χ4n) is 4.74. The summed E-state index contributed by atoms with van der Waals surface area (Å²) in [5, 5.41) is 0.668. The van der Waals surface area contributed by atoms with E-state index in [1.807, 2.05) is 0 Å². The van der Waals surface area contributed by atoms with Gasteiger partial charge in [-0.05, 0) is 54.4 Å². The molecule has 0 saturated heterocycles. The molecule has 1 atom stereocenters. The van der Waals surface area contributed by atoms with E-state index in [9.17, 15) is 14.4 Å². The standard InChI is InChI=1S/C25H27N3O4S/c1-25(2,3)15-6-7-16-20(10-15)33-23-22(16)24(31)28(13-26-23)11-18(29)14-5-8-19-17(9-14)27(4)21(30)12-32-19/h5,8-9,13,15H,6-7,10-12H2,1-4H3/t15-/m0/s1. The Hall–Kier alpha value is -3.00. The molecule has 0 bridgehead atoms.